The van der Waals surface area contributed by atoms with Crippen LogP contribution in [0.5, 0.6) is 0 Å². The highest BCUT2D eigenvalue weighted by Crippen LogP contribution is 2.33. The molecule has 3 nitrogen and oxygen atoms in total. The van der Waals surface area contributed by atoms with E-state index in [-0.39, 0.29) is 18.0 Å². The molecule has 100 valence electrons. The first-order valence-corrected chi connectivity index (χ1v) is 7.24. The number of fused-ring (bicyclic) bond motifs is 1. The van der Waals surface area contributed by atoms with Gasteiger partial charge in [0.15, 0.2) is 0 Å². The number of terminal acetylenes is 1. The Bertz CT molecular complexity index is 320. The van der Waals surface area contributed by atoms with Gasteiger partial charge in [0.05, 0.1) is 6.04 Å². The van der Waals surface area contributed by atoms with Crippen LogP contribution in [-0.4, -0.2) is 24.0 Å². The van der Waals surface area contributed by atoms with E-state index in [0.29, 0.717) is 18.4 Å². The van der Waals surface area contributed by atoms with Gasteiger partial charge in [-0.15, -0.1) is 12.3 Å². The fraction of sp³-hybridized carbons (Fsp3) is 0.800. The zero-order valence-electron chi connectivity index (χ0n) is 11.2. The Morgan fingerprint density at radius 2 is 2.28 bits per heavy atom. The Labute approximate surface area is 110 Å². The molecule has 1 aliphatic heterocycles. The van der Waals surface area contributed by atoms with E-state index in [9.17, 15) is 4.79 Å². The topological polar surface area (TPSA) is 41.1 Å². The van der Waals surface area contributed by atoms with Crippen LogP contribution in [0.3, 0.4) is 0 Å². The van der Waals surface area contributed by atoms with Crippen LogP contribution in [0, 0.1) is 18.3 Å². The Balaban J connectivity index is 1.85. The number of carbonyl (C=O) groups excluding carboxylic acids is 1. The minimum absolute atomic E-state index is 0.00456. The van der Waals surface area contributed by atoms with Crippen molar-refractivity contribution >= 4 is 5.91 Å². The highest BCUT2D eigenvalue weighted by Gasteiger charge is 2.38. The van der Waals surface area contributed by atoms with Crippen molar-refractivity contribution in [2.75, 3.05) is 0 Å². The molecule has 1 amide bonds. The van der Waals surface area contributed by atoms with Crippen molar-refractivity contribution in [2.45, 2.75) is 70.0 Å². The fourth-order valence-electron chi connectivity index (χ4n) is 3.26. The zero-order chi connectivity index (χ0) is 13.0. The lowest BCUT2D eigenvalue weighted by Crippen LogP contribution is -2.46. The van der Waals surface area contributed by atoms with Crippen molar-refractivity contribution in [3.8, 4) is 12.3 Å². The summed E-state index contributed by atoms with van der Waals surface area (Å²) in [5.41, 5.74) is 0. The lowest BCUT2D eigenvalue weighted by Gasteiger charge is -2.24. The highest BCUT2D eigenvalue weighted by atomic mass is 16.2. The molecular formula is C15H24N2O. The number of nitrogens with one attached hydrogen (secondary N) is 2. The Morgan fingerprint density at radius 1 is 1.50 bits per heavy atom. The summed E-state index contributed by atoms with van der Waals surface area (Å²) in [6.07, 6.45) is 13.0. The molecule has 0 spiro atoms. The van der Waals surface area contributed by atoms with E-state index in [1.165, 1.54) is 25.7 Å². The number of hydrogen-bond acceptors (Lipinski definition) is 2. The van der Waals surface area contributed by atoms with Crippen LogP contribution in [0.4, 0.5) is 0 Å². The van der Waals surface area contributed by atoms with E-state index >= 15 is 0 Å². The van der Waals surface area contributed by atoms with Crippen LogP contribution in [0.2, 0.25) is 0 Å². The van der Waals surface area contributed by atoms with E-state index in [1.54, 1.807) is 0 Å². The standard InChI is InChI=1S/C15H24N2O/c1-3-7-12(4-2)16-15(18)14-10-11-8-5-6-9-13(11)17-14/h1,11-14,17H,4-10H2,2H3,(H,16,18). The Hall–Kier alpha value is -1.01. The second-order valence-electron chi connectivity index (χ2n) is 5.63. The predicted molar refractivity (Wildman–Crippen MR) is 73.0 cm³/mol. The Morgan fingerprint density at radius 3 is 2.94 bits per heavy atom. The van der Waals surface area contributed by atoms with Crippen molar-refractivity contribution in [1.82, 2.24) is 10.6 Å². The maximum atomic E-state index is 12.2. The van der Waals surface area contributed by atoms with Crippen molar-refractivity contribution < 1.29 is 4.79 Å². The summed E-state index contributed by atoms with van der Waals surface area (Å²) in [7, 11) is 0. The molecule has 0 bridgehead atoms. The van der Waals surface area contributed by atoms with Crippen molar-refractivity contribution in [3.05, 3.63) is 0 Å². The molecule has 2 aliphatic rings. The van der Waals surface area contributed by atoms with Gasteiger partial charge in [-0.05, 0) is 31.6 Å². The minimum Gasteiger partial charge on any atom is -0.351 e. The first-order chi connectivity index (χ1) is 8.74. The average Bonchev–Trinajstić information content (AvgIpc) is 2.82. The SMILES string of the molecule is C#CCC(CC)NC(=O)C1CC2CCCCC2N1. The molecule has 3 heteroatoms. The number of hydrogen-bond donors (Lipinski definition) is 2. The molecule has 1 saturated carbocycles. The smallest absolute Gasteiger partial charge is 0.237 e. The maximum Gasteiger partial charge on any atom is 0.237 e. The van der Waals surface area contributed by atoms with Gasteiger partial charge in [0, 0.05) is 18.5 Å². The van der Waals surface area contributed by atoms with Gasteiger partial charge < -0.3 is 10.6 Å². The lowest BCUT2D eigenvalue weighted by atomic mass is 9.85. The molecule has 18 heavy (non-hydrogen) atoms. The normalized spacial score (nSPS) is 32.3. The van der Waals surface area contributed by atoms with Gasteiger partial charge in [0.2, 0.25) is 5.91 Å². The maximum absolute atomic E-state index is 12.2. The van der Waals surface area contributed by atoms with Crippen molar-refractivity contribution in [1.29, 1.82) is 0 Å². The third-order valence-corrected chi connectivity index (χ3v) is 4.38. The van der Waals surface area contributed by atoms with Crippen LogP contribution in [0.1, 0.15) is 51.9 Å². The number of rotatable bonds is 4. The predicted octanol–water partition coefficient (Wildman–Crippen LogP) is 1.83. The molecule has 4 atom stereocenters. The summed E-state index contributed by atoms with van der Waals surface area (Å²) >= 11 is 0. The molecule has 2 rings (SSSR count). The zero-order valence-corrected chi connectivity index (χ0v) is 11.2. The second-order valence-corrected chi connectivity index (χ2v) is 5.63. The summed E-state index contributed by atoms with van der Waals surface area (Å²) in [5.74, 6) is 3.48. The van der Waals surface area contributed by atoms with Crippen LogP contribution in [0.15, 0.2) is 0 Å². The van der Waals surface area contributed by atoms with E-state index in [0.717, 1.165) is 12.8 Å². The molecule has 0 aromatic heterocycles. The second kappa shape index (κ2) is 6.24. The fourth-order valence-corrected chi connectivity index (χ4v) is 3.26. The van der Waals surface area contributed by atoms with Crippen LogP contribution >= 0.6 is 0 Å². The molecule has 4 unspecified atom stereocenters. The molecular weight excluding hydrogens is 224 g/mol. The number of amides is 1. The Kier molecular flexibility index (Phi) is 4.66. The molecule has 0 aromatic rings. The van der Waals surface area contributed by atoms with Gasteiger partial charge in [-0.2, -0.15) is 0 Å². The molecule has 0 radical (unpaired) electrons. The van der Waals surface area contributed by atoms with Crippen LogP contribution in [-0.2, 0) is 4.79 Å². The summed E-state index contributed by atoms with van der Waals surface area (Å²) in [6.45, 7) is 2.06. The molecule has 1 heterocycles. The highest BCUT2D eigenvalue weighted by molar-refractivity contribution is 5.82. The van der Waals surface area contributed by atoms with Gasteiger partial charge in [-0.25, -0.2) is 0 Å². The van der Waals surface area contributed by atoms with Crippen molar-refractivity contribution in [3.63, 3.8) is 0 Å². The lowest BCUT2D eigenvalue weighted by molar-refractivity contribution is -0.123. The van der Waals surface area contributed by atoms with Gasteiger partial charge in [0.25, 0.3) is 0 Å². The summed E-state index contributed by atoms with van der Waals surface area (Å²) in [6, 6.07) is 0.707. The van der Waals surface area contributed by atoms with E-state index in [1.807, 2.05) is 0 Å². The van der Waals surface area contributed by atoms with E-state index in [4.69, 9.17) is 6.42 Å². The van der Waals surface area contributed by atoms with Gasteiger partial charge in [-0.3, -0.25) is 4.79 Å². The monoisotopic (exact) mass is 248 g/mol. The van der Waals surface area contributed by atoms with E-state index in [2.05, 4.69) is 23.5 Å². The number of carbonyl (C=O) groups is 1. The third-order valence-electron chi connectivity index (χ3n) is 4.38. The molecule has 1 aliphatic carbocycles. The molecule has 1 saturated heterocycles. The van der Waals surface area contributed by atoms with Crippen LogP contribution < -0.4 is 10.6 Å². The van der Waals surface area contributed by atoms with E-state index < -0.39 is 0 Å². The first kappa shape index (κ1) is 13.4. The quantitative estimate of drug-likeness (QED) is 0.745. The first-order valence-electron chi connectivity index (χ1n) is 7.24. The summed E-state index contributed by atoms with van der Waals surface area (Å²) < 4.78 is 0. The van der Waals surface area contributed by atoms with Crippen LogP contribution in [0.25, 0.3) is 0 Å². The summed E-state index contributed by atoms with van der Waals surface area (Å²) in [4.78, 5) is 12.2. The van der Waals surface area contributed by atoms with Gasteiger partial charge >= 0.3 is 0 Å². The minimum atomic E-state index is 0.00456. The molecule has 0 aromatic carbocycles. The van der Waals surface area contributed by atoms with Gasteiger partial charge in [0.1, 0.15) is 0 Å². The van der Waals surface area contributed by atoms with Crippen molar-refractivity contribution in [2.24, 2.45) is 5.92 Å². The molecule has 2 N–H and O–H groups in total. The molecule has 2 fully saturated rings. The van der Waals surface area contributed by atoms with Gasteiger partial charge in [-0.1, -0.05) is 19.8 Å². The average molecular weight is 248 g/mol. The summed E-state index contributed by atoms with van der Waals surface area (Å²) in [5, 5.41) is 6.58. The third kappa shape index (κ3) is 3.05. The largest absolute Gasteiger partial charge is 0.351 e.